The quantitative estimate of drug-likeness (QED) is 0.398. The van der Waals surface area contributed by atoms with E-state index in [0.717, 1.165) is 43.6 Å². The van der Waals surface area contributed by atoms with Crippen LogP contribution >= 0.6 is 0 Å². The zero-order valence-electron chi connectivity index (χ0n) is 20.5. The van der Waals surface area contributed by atoms with Gasteiger partial charge in [0.2, 0.25) is 5.78 Å². The monoisotopic (exact) mass is 496 g/mol. The number of piperidine rings is 1. The number of primary amides is 1. The van der Waals surface area contributed by atoms with E-state index in [1.165, 1.54) is 6.07 Å². The molecule has 36 heavy (non-hydrogen) atoms. The molecule has 1 saturated carbocycles. The van der Waals surface area contributed by atoms with E-state index < -0.39 is 57.9 Å². The standard InChI is InChI=1S/C27H32N2O7/c1-12(2)18-15-11-13-10-14-16(29-8-4-3-5-9-29)6-7-17(30)20(14)23(32)19(13)24(33)27(15,36)25(34)21(22(18)31)26(28)35/h6-7,12-13,15,18,30,32,34,36H,3-5,8-11H2,1-2H3,(H2,28,35)/t13-,15-,18-,27-/m0/s1. The molecule has 1 aromatic rings. The second kappa shape index (κ2) is 8.37. The number of aliphatic hydroxyl groups excluding tert-OH is 2. The lowest BCUT2D eigenvalue weighted by Gasteiger charge is -2.50. The minimum Gasteiger partial charge on any atom is -0.508 e. The Hall–Kier alpha value is -3.33. The van der Waals surface area contributed by atoms with Crippen LogP contribution in [0.3, 0.4) is 0 Å². The van der Waals surface area contributed by atoms with Crippen LogP contribution in [-0.2, 0) is 20.8 Å². The smallest absolute Gasteiger partial charge is 0.255 e. The Balaban J connectivity index is 1.70. The molecule has 1 aromatic carbocycles. The molecule has 6 N–H and O–H groups in total. The van der Waals surface area contributed by atoms with E-state index in [0.29, 0.717) is 6.42 Å². The normalized spacial score (nSPS) is 30.3. The van der Waals surface area contributed by atoms with E-state index >= 15 is 0 Å². The number of carbonyl (C=O) groups is 3. The van der Waals surface area contributed by atoms with Crippen LogP contribution in [0.1, 0.15) is 50.7 Å². The van der Waals surface area contributed by atoms with Crippen LogP contribution in [0.4, 0.5) is 5.69 Å². The number of nitrogens with zero attached hydrogens (tertiary/aromatic N) is 1. The minimum atomic E-state index is -2.58. The van der Waals surface area contributed by atoms with E-state index in [1.54, 1.807) is 13.8 Å². The van der Waals surface area contributed by atoms with Crippen molar-refractivity contribution >= 4 is 28.9 Å². The first-order valence-electron chi connectivity index (χ1n) is 12.6. The summed E-state index contributed by atoms with van der Waals surface area (Å²) in [5, 5.41) is 44.6. The molecule has 3 aliphatic carbocycles. The van der Waals surface area contributed by atoms with Crippen LogP contribution in [-0.4, -0.2) is 56.6 Å². The summed E-state index contributed by atoms with van der Waals surface area (Å²) in [6.45, 7) is 5.19. The Morgan fingerprint density at radius 3 is 2.39 bits per heavy atom. The number of carbonyl (C=O) groups excluding carboxylic acids is 3. The molecule has 0 unspecified atom stereocenters. The Morgan fingerprint density at radius 1 is 1.11 bits per heavy atom. The lowest BCUT2D eigenvalue weighted by atomic mass is 9.54. The van der Waals surface area contributed by atoms with Crippen molar-refractivity contribution in [3.63, 3.8) is 0 Å². The number of nitrogens with two attached hydrogens (primary N) is 1. The fraction of sp³-hybridized carbons (Fsp3) is 0.519. The fourth-order valence-corrected chi connectivity index (χ4v) is 6.90. The lowest BCUT2D eigenvalue weighted by molar-refractivity contribution is -0.155. The van der Waals surface area contributed by atoms with Crippen molar-refractivity contribution in [1.29, 1.82) is 0 Å². The molecule has 0 aromatic heterocycles. The molecule has 192 valence electrons. The summed E-state index contributed by atoms with van der Waals surface area (Å²) in [5.41, 5.74) is 3.66. The molecule has 4 atom stereocenters. The molecule has 1 aliphatic heterocycles. The highest BCUT2D eigenvalue weighted by atomic mass is 16.3. The average Bonchev–Trinajstić information content (AvgIpc) is 2.81. The van der Waals surface area contributed by atoms with Gasteiger partial charge in [-0.15, -0.1) is 0 Å². The molecule has 1 saturated heterocycles. The first-order chi connectivity index (χ1) is 17.0. The maximum absolute atomic E-state index is 13.9. The van der Waals surface area contributed by atoms with Crippen LogP contribution in [0.25, 0.3) is 5.76 Å². The van der Waals surface area contributed by atoms with Gasteiger partial charge in [-0.1, -0.05) is 13.8 Å². The first kappa shape index (κ1) is 24.4. The third-order valence-corrected chi connectivity index (χ3v) is 8.52. The van der Waals surface area contributed by atoms with Crippen LogP contribution in [0, 0.1) is 23.7 Å². The molecule has 0 spiro atoms. The predicted octanol–water partition coefficient (Wildman–Crippen LogP) is 2.30. The number of phenolic OH excluding ortho intramolecular Hbond substituents is 1. The van der Waals surface area contributed by atoms with Gasteiger partial charge in [0, 0.05) is 36.2 Å². The summed E-state index contributed by atoms with van der Waals surface area (Å²) in [4.78, 5) is 41.4. The van der Waals surface area contributed by atoms with E-state index in [1.807, 2.05) is 6.07 Å². The van der Waals surface area contributed by atoms with Gasteiger partial charge in [0.25, 0.3) is 5.91 Å². The highest BCUT2D eigenvalue weighted by Gasteiger charge is 2.64. The topological polar surface area (TPSA) is 161 Å². The number of benzene rings is 1. The SMILES string of the molecule is CC(C)[C@@H]1C(=O)C(C(N)=O)=C(O)[C@@]2(O)C(=O)C3=C(O)c4c(O)ccc(N5CCCCC5)c4C[C@H]3C[C@@H]12. The molecule has 1 heterocycles. The van der Waals surface area contributed by atoms with Gasteiger partial charge in [0.1, 0.15) is 22.8 Å². The number of hydrogen-bond donors (Lipinski definition) is 5. The van der Waals surface area contributed by atoms with Gasteiger partial charge in [-0.3, -0.25) is 14.4 Å². The van der Waals surface area contributed by atoms with Gasteiger partial charge in [-0.25, -0.2) is 0 Å². The number of phenols is 1. The molecule has 0 bridgehead atoms. The Labute approximate surface area is 208 Å². The minimum absolute atomic E-state index is 0.112. The van der Waals surface area contributed by atoms with Gasteiger partial charge in [0.15, 0.2) is 11.4 Å². The number of hydrogen-bond acceptors (Lipinski definition) is 8. The number of aliphatic hydroxyl groups is 3. The lowest BCUT2D eigenvalue weighted by Crippen LogP contribution is -2.62. The maximum Gasteiger partial charge on any atom is 0.255 e. The first-order valence-corrected chi connectivity index (χ1v) is 12.6. The zero-order chi connectivity index (χ0) is 26.1. The molecule has 2 fully saturated rings. The van der Waals surface area contributed by atoms with Gasteiger partial charge in [-0.05, 0) is 61.6 Å². The van der Waals surface area contributed by atoms with E-state index in [4.69, 9.17) is 5.73 Å². The fourth-order valence-electron chi connectivity index (χ4n) is 6.90. The Morgan fingerprint density at radius 2 is 1.78 bits per heavy atom. The van der Waals surface area contributed by atoms with Crippen molar-refractivity contribution in [1.82, 2.24) is 0 Å². The number of fused-ring (bicyclic) bond motifs is 3. The largest absolute Gasteiger partial charge is 0.508 e. The third kappa shape index (κ3) is 3.21. The number of aromatic hydroxyl groups is 1. The predicted molar refractivity (Wildman–Crippen MR) is 131 cm³/mol. The van der Waals surface area contributed by atoms with Crippen molar-refractivity contribution in [2.24, 2.45) is 29.4 Å². The average molecular weight is 497 g/mol. The maximum atomic E-state index is 13.9. The highest BCUT2D eigenvalue weighted by molar-refractivity contribution is 6.23. The van der Waals surface area contributed by atoms with Crippen LogP contribution < -0.4 is 10.6 Å². The molecular formula is C27H32N2O7. The van der Waals surface area contributed by atoms with Crippen molar-refractivity contribution in [3.05, 3.63) is 40.2 Å². The van der Waals surface area contributed by atoms with E-state index in [2.05, 4.69) is 4.90 Å². The van der Waals surface area contributed by atoms with Gasteiger partial charge in [0.05, 0.1) is 5.56 Å². The number of ketones is 2. The van der Waals surface area contributed by atoms with Crippen molar-refractivity contribution in [2.45, 2.75) is 51.6 Å². The highest BCUT2D eigenvalue weighted by Crippen LogP contribution is 2.55. The van der Waals surface area contributed by atoms with Gasteiger partial charge >= 0.3 is 0 Å². The third-order valence-electron chi connectivity index (χ3n) is 8.52. The van der Waals surface area contributed by atoms with Crippen LogP contribution in [0.5, 0.6) is 5.75 Å². The second-order valence-electron chi connectivity index (χ2n) is 10.8. The summed E-state index contributed by atoms with van der Waals surface area (Å²) >= 11 is 0. The van der Waals surface area contributed by atoms with Gasteiger partial charge < -0.3 is 31.1 Å². The Kier molecular flexibility index (Phi) is 5.66. The van der Waals surface area contributed by atoms with Gasteiger partial charge in [-0.2, -0.15) is 0 Å². The van der Waals surface area contributed by atoms with Crippen molar-refractivity contribution in [3.8, 4) is 5.75 Å². The summed E-state index contributed by atoms with van der Waals surface area (Å²) in [5.74, 6) is -7.38. The number of Topliss-reactive ketones (excluding diaryl/α,β-unsaturated/α-hetero) is 2. The zero-order valence-corrected chi connectivity index (χ0v) is 20.5. The number of amides is 1. The summed E-state index contributed by atoms with van der Waals surface area (Å²) < 4.78 is 0. The second-order valence-corrected chi connectivity index (χ2v) is 10.8. The summed E-state index contributed by atoms with van der Waals surface area (Å²) in [6, 6.07) is 3.31. The number of rotatable bonds is 3. The van der Waals surface area contributed by atoms with Crippen LogP contribution in [0.15, 0.2) is 29.0 Å². The molecule has 9 heteroatoms. The molecule has 1 amide bonds. The molecule has 5 rings (SSSR count). The van der Waals surface area contributed by atoms with E-state index in [9.17, 15) is 34.8 Å². The van der Waals surface area contributed by atoms with E-state index in [-0.39, 0.29) is 29.2 Å². The summed E-state index contributed by atoms with van der Waals surface area (Å²) in [6.07, 6.45) is 3.65. The Bertz CT molecular complexity index is 1240. The summed E-state index contributed by atoms with van der Waals surface area (Å²) in [7, 11) is 0. The molecule has 4 aliphatic rings. The molecule has 0 radical (unpaired) electrons. The van der Waals surface area contributed by atoms with Crippen molar-refractivity contribution < 1.29 is 34.8 Å². The molecular weight excluding hydrogens is 464 g/mol. The van der Waals surface area contributed by atoms with Crippen molar-refractivity contribution in [2.75, 3.05) is 18.0 Å². The number of anilines is 1. The van der Waals surface area contributed by atoms with Crippen LogP contribution in [0.2, 0.25) is 0 Å². The molecule has 9 nitrogen and oxygen atoms in total.